The number of carbonyl (C=O) groups excluding carboxylic acids is 1. The van der Waals surface area contributed by atoms with Crippen LogP contribution in [0.3, 0.4) is 0 Å². The van der Waals surface area contributed by atoms with Gasteiger partial charge < -0.3 is 14.5 Å². The van der Waals surface area contributed by atoms with Crippen molar-refractivity contribution in [2.24, 2.45) is 0 Å². The summed E-state index contributed by atoms with van der Waals surface area (Å²) in [6.07, 6.45) is -2.74. The normalized spacial score (nSPS) is 19.5. The molecule has 172 valence electrons. The second kappa shape index (κ2) is 9.87. The van der Waals surface area contributed by atoms with Crippen molar-refractivity contribution >= 4 is 11.7 Å². The van der Waals surface area contributed by atoms with E-state index in [1.807, 2.05) is 40.1 Å². The average Bonchev–Trinajstić information content (AvgIpc) is 3.06. The highest BCUT2D eigenvalue weighted by molar-refractivity contribution is 5.83. The molecule has 2 aliphatic rings. The standard InChI is InChI=1S/C23H27F3N4O2/c24-23(25,26)19-7-8-20(27-17-19)28-9-4-10-29(12-11-28)21(18-5-2-1-3-6-18)22(31)30-13-15-32-16-14-30/h1-3,5-8,17,21H,4,9-16H2. The van der Waals surface area contributed by atoms with Crippen LogP contribution in [0.4, 0.5) is 19.0 Å². The molecule has 1 unspecified atom stereocenters. The predicted octanol–water partition coefficient (Wildman–Crippen LogP) is 3.21. The third-order valence-corrected chi connectivity index (χ3v) is 5.97. The number of carbonyl (C=O) groups is 1. The van der Waals surface area contributed by atoms with Gasteiger partial charge in [0.1, 0.15) is 11.9 Å². The highest BCUT2D eigenvalue weighted by atomic mass is 19.4. The van der Waals surface area contributed by atoms with Gasteiger partial charge >= 0.3 is 6.18 Å². The quantitative estimate of drug-likeness (QED) is 0.719. The molecule has 2 fully saturated rings. The number of hydrogen-bond donors (Lipinski definition) is 0. The maximum Gasteiger partial charge on any atom is 0.417 e. The van der Waals surface area contributed by atoms with Crippen LogP contribution in [0, 0.1) is 0 Å². The van der Waals surface area contributed by atoms with E-state index in [4.69, 9.17) is 4.74 Å². The summed E-state index contributed by atoms with van der Waals surface area (Å²) in [6, 6.07) is 11.9. The molecule has 1 atom stereocenters. The maximum absolute atomic E-state index is 13.5. The molecule has 4 rings (SSSR count). The van der Waals surface area contributed by atoms with Crippen molar-refractivity contribution in [2.45, 2.75) is 18.6 Å². The topological polar surface area (TPSA) is 48.9 Å². The van der Waals surface area contributed by atoms with Gasteiger partial charge in [0, 0.05) is 45.5 Å². The SMILES string of the molecule is O=C(C(c1ccccc1)N1CCCN(c2ccc(C(F)(F)F)cn2)CC1)N1CCOCC1. The predicted molar refractivity (Wildman–Crippen MR) is 114 cm³/mol. The summed E-state index contributed by atoms with van der Waals surface area (Å²) in [5.41, 5.74) is 0.197. The number of pyridine rings is 1. The van der Waals surface area contributed by atoms with Crippen LogP contribution < -0.4 is 4.90 Å². The second-order valence-corrected chi connectivity index (χ2v) is 8.03. The highest BCUT2D eigenvalue weighted by Crippen LogP contribution is 2.30. The van der Waals surface area contributed by atoms with Crippen LogP contribution in [0.15, 0.2) is 48.7 Å². The number of aromatic nitrogens is 1. The lowest BCUT2D eigenvalue weighted by Crippen LogP contribution is -2.48. The van der Waals surface area contributed by atoms with Crippen LogP contribution in [-0.2, 0) is 15.7 Å². The molecule has 0 spiro atoms. The van der Waals surface area contributed by atoms with Gasteiger partial charge in [-0.2, -0.15) is 13.2 Å². The minimum absolute atomic E-state index is 0.0700. The first-order chi connectivity index (χ1) is 15.4. The van der Waals surface area contributed by atoms with Crippen molar-refractivity contribution in [1.82, 2.24) is 14.8 Å². The van der Waals surface area contributed by atoms with Crippen LogP contribution >= 0.6 is 0 Å². The van der Waals surface area contributed by atoms with Gasteiger partial charge in [0.05, 0.1) is 18.8 Å². The summed E-state index contributed by atoms with van der Waals surface area (Å²) in [5.74, 6) is 0.594. The largest absolute Gasteiger partial charge is 0.417 e. The Balaban J connectivity index is 1.50. The first-order valence-corrected chi connectivity index (χ1v) is 10.9. The Kier molecular flexibility index (Phi) is 6.95. The Morgan fingerprint density at radius 2 is 1.69 bits per heavy atom. The molecule has 0 aliphatic carbocycles. The smallest absolute Gasteiger partial charge is 0.378 e. The lowest BCUT2D eigenvalue weighted by Gasteiger charge is -2.36. The molecule has 9 heteroatoms. The van der Waals surface area contributed by atoms with Crippen LogP contribution in [-0.4, -0.2) is 73.2 Å². The minimum Gasteiger partial charge on any atom is -0.378 e. The maximum atomic E-state index is 13.5. The van der Waals surface area contributed by atoms with E-state index in [0.29, 0.717) is 58.3 Å². The summed E-state index contributed by atoms with van der Waals surface area (Å²) >= 11 is 0. The number of anilines is 1. The van der Waals surface area contributed by atoms with Crippen molar-refractivity contribution in [3.05, 3.63) is 59.8 Å². The van der Waals surface area contributed by atoms with E-state index in [2.05, 4.69) is 9.88 Å². The lowest BCUT2D eigenvalue weighted by atomic mass is 10.0. The van der Waals surface area contributed by atoms with Crippen molar-refractivity contribution in [2.75, 3.05) is 57.4 Å². The fourth-order valence-corrected chi connectivity index (χ4v) is 4.27. The van der Waals surface area contributed by atoms with Gasteiger partial charge in [-0.15, -0.1) is 0 Å². The fraction of sp³-hybridized carbons (Fsp3) is 0.478. The molecule has 1 amide bonds. The molecule has 0 bridgehead atoms. The van der Waals surface area contributed by atoms with E-state index in [0.717, 1.165) is 24.2 Å². The molecule has 2 aliphatic heterocycles. The Labute approximate surface area is 185 Å². The number of hydrogen-bond acceptors (Lipinski definition) is 5. The number of benzene rings is 1. The fourth-order valence-electron chi connectivity index (χ4n) is 4.27. The van der Waals surface area contributed by atoms with Crippen molar-refractivity contribution in [3.63, 3.8) is 0 Å². The molecule has 1 aromatic carbocycles. The van der Waals surface area contributed by atoms with Gasteiger partial charge in [-0.3, -0.25) is 9.69 Å². The second-order valence-electron chi connectivity index (χ2n) is 8.03. The summed E-state index contributed by atoms with van der Waals surface area (Å²) in [6.45, 7) is 4.82. The molecule has 0 N–H and O–H groups in total. The number of ether oxygens (including phenoxy) is 1. The molecule has 0 radical (unpaired) electrons. The number of morpholine rings is 1. The van der Waals surface area contributed by atoms with Gasteiger partial charge in [-0.05, 0) is 24.1 Å². The molecule has 3 heterocycles. The van der Waals surface area contributed by atoms with E-state index in [9.17, 15) is 18.0 Å². The average molecular weight is 448 g/mol. The van der Waals surface area contributed by atoms with Crippen LogP contribution in [0.2, 0.25) is 0 Å². The first kappa shape index (κ1) is 22.5. The lowest BCUT2D eigenvalue weighted by molar-refractivity contribution is -0.141. The zero-order chi connectivity index (χ0) is 22.6. The Morgan fingerprint density at radius 1 is 0.938 bits per heavy atom. The number of rotatable bonds is 4. The number of halogens is 3. The monoisotopic (exact) mass is 448 g/mol. The van der Waals surface area contributed by atoms with E-state index in [1.54, 1.807) is 0 Å². The molecular formula is C23H27F3N4O2. The van der Waals surface area contributed by atoms with E-state index in [-0.39, 0.29) is 5.91 Å². The van der Waals surface area contributed by atoms with Gasteiger partial charge in [0.15, 0.2) is 0 Å². The van der Waals surface area contributed by atoms with Gasteiger partial charge in [0.25, 0.3) is 0 Å². The Hall–Kier alpha value is -2.65. The van der Waals surface area contributed by atoms with Crippen LogP contribution in [0.5, 0.6) is 0 Å². The van der Waals surface area contributed by atoms with Gasteiger partial charge in [0.2, 0.25) is 5.91 Å². The van der Waals surface area contributed by atoms with Crippen molar-refractivity contribution in [3.8, 4) is 0 Å². The first-order valence-electron chi connectivity index (χ1n) is 10.9. The van der Waals surface area contributed by atoms with Crippen molar-refractivity contribution < 1.29 is 22.7 Å². The zero-order valence-electron chi connectivity index (χ0n) is 17.8. The third kappa shape index (κ3) is 5.21. The van der Waals surface area contributed by atoms with Gasteiger partial charge in [-0.25, -0.2) is 4.98 Å². The Bertz CT molecular complexity index is 886. The van der Waals surface area contributed by atoms with Gasteiger partial charge in [-0.1, -0.05) is 30.3 Å². The number of alkyl halides is 3. The summed E-state index contributed by atoms with van der Waals surface area (Å²) in [5, 5.41) is 0. The third-order valence-electron chi connectivity index (χ3n) is 5.97. The number of nitrogens with zero attached hydrogens (tertiary/aromatic N) is 4. The minimum atomic E-state index is -4.40. The highest BCUT2D eigenvalue weighted by Gasteiger charge is 2.34. The molecule has 2 aromatic rings. The molecule has 1 aromatic heterocycles. The van der Waals surface area contributed by atoms with Crippen LogP contribution in [0.25, 0.3) is 0 Å². The zero-order valence-corrected chi connectivity index (χ0v) is 17.8. The Morgan fingerprint density at radius 3 is 2.34 bits per heavy atom. The molecule has 2 saturated heterocycles. The summed E-state index contributed by atoms with van der Waals surface area (Å²) < 4.78 is 44.0. The van der Waals surface area contributed by atoms with E-state index < -0.39 is 17.8 Å². The molecule has 32 heavy (non-hydrogen) atoms. The molecular weight excluding hydrogens is 421 g/mol. The summed E-state index contributed by atoms with van der Waals surface area (Å²) in [7, 11) is 0. The van der Waals surface area contributed by atoms with Crippen LogP contribution in [0.1, 0.15) is 23.6 Å². The van der Waals surface area contributed by atoms with E-state index >= 15 is 0 Å². The number of amides is 1. The molecule has 6 nitrogen and oxygen atoms in total. The van der Waals surface area contributed by atoms with Crippen molar-refractivity contribution in [1.29, 1.82) is 0 Å². The molecule has 0 saturated carbocycles. The summed E-state index contributed by atoms with van der Waals surface area (Å²) in [4.78, 5) is 23.6. The van der Waals surface area contributed by atoms with E-state index in [1.165, 1.54) is 6.07 Å².